The fourth-order valence-electron chi connectivity index (χ4n) is 7.20. The molecule has 4 aliphatic heterocycles. The average Bonchev–Trinajstić information content (AvgIpc) is 3.11. The fourth-order valence-corrected chi connectivity index (χ4v) is 9.34. The van der Waals surface area contributed by atoms with Crippen LogP contribution in [0.1, 0.15) is 59.3 Å². The van der Waals surface area contributed by atoms with E-state index in [1.807, 2.05) is 43.9 Å². The Hall–Kier alpha value is -1.80. The zero-order chi connectivity index (χ0) is 25.0. The maximum absolute atomic E-state index is 14.5. The molecule has 1 unspecified atom stereocenters. The number of likely N-dealkylation sites (tertiary alicyclic amines) is 1. The van der Waals surface area contributed by atoms with Gasteiger partial charge >= 0.3 is 5.97 Å². The Morgan fingerprint density at radius 2 is 1.86 bits per heavy atom. The molecule has 2 amide bonds. The van der Waals surface area contributed by atoms with Crippen molar-refractivity contribution in [3.05, 3.63) is 24.3 Å². The molecule has 35 heavy (non-hydrogen) atoms. The molecule has 0 radical (unpaired) electrons. The minimum absolute atomic E-state index is 0.0142. The van der Waals surface area contributed by atoms with Crippen molar-refractivity contribution in [1.29, 1.82) is 0 Å². The molecular formula is C27H38N2O5S. The van der Waals surface area contributed by atoms with Gasteiger partial charge in [-0.25, -0.2) is 0 Å². The topological polar surface area (TPSA) is 87.2 Å². The number of aliphatic hydroxyl groups is 1. The van der Waals surface area contributed by atoms with E-state index in [1.165, 1.54) is 6.42 Å². The molecule has 0 aromatic carbocycles. The summed E-state index contributed by atoms with van der Waals surface area (Å²) < 4.78 is 3.98. The number of carbonyl (C=O) groups is 3. The second-order valence-electron chi connectivity index (χ2n) is 11.1. The van der Waals surface area contributed by atoms with Crippen molar-refractivity contribution in [2.75, 3.05) is 19.8 Å². The van der Waals surface area contributed by atoms with Crippen LogP contribution in [-0.4, -0.2) is 80.1 Å². The SMILES string of the molecule is CC[C@H](C)[C@H](CO)N1C(=O)[C@@H]2[C@@H]3C(=O)OCC=C[C@]3(C)S[C@@]23C=CCN(C2CCCCC2)C(=O)C13. The van der Waals surface area contributed by atoms with Gasteiger partial charge in [-0.15, -0.1) is 11.8 Å². The molecule has 0 bridgehead atoms. The molecule has 5 aliphatic rings. The number of fused-ring (bicyclic) bond motifs is 2. The lowest BCUT2D eigenvalue weighted by Crippen LogP contribution is -2.59. The largest absolute Gasteiger partial charge is 0.461 e. The molecule has 0 aromatic heterocycles. The lowest BCUT2D eigenvalue weighted by molar-refractivity contribution is -0.153. The number of aliphatic hydroxyl groups excluding tert-OH is 1. The van der Waals surface area contributed by atoms with E-state index in [1.54, 1.807) is 16.7 Å². The third-order valence-electron chi connectivity index (χ3n) is 9.14. The zero-order valence-electron chi connectivity index (χ0n) is 21.0. The molecule has 7 atom stereocenters. The summed E-state index contributed by atoms with van der Waals surface area (Å²) in [6, 6.07) is -1.06. The Morgan fingerprint density at radius 1 is 1.11 bits per heavy atom. The number of cyclic esters (lactones) is 1. The van der Waals surface area contributed by atoms with Gasteiger partial charge in [0.15, 0.2) is 0 Å². The fraction of sp³-hybridized carbons (Fsp3) is 0.741. The highest BCUT2D eigenvalue weighted by Gasteiger charge is 2.74. The molecule has 8 heteroatoms. The molecule has 0 aromatic rings. The number of hydrogen-bond donors (Lipinski definition) is 1. The monoisotopic (exact) mass is 502 g/mol. The number of nitrogens with zero attached hydrogens (tertiary/aromatic N) is 2. The number of amides is 2. The lowest BCUT2D eigenvalue weighted by atomic mass is 9.75. The van der Waals surface area contributed by atoms with Crippen LogP contribution in [0.3, 0.4) is 0 Å². The number of ether oxygens (including phenoxy) is 1. The van der Waals surface area contributed by atoms with E-state index in [4.69, 9.17) is 4.74 Å². The van der Waals surface area contributed by atoms with Crippen LogP contribution in [0.4, 0.5) is 0 Å². The van der Waals surface area contributed by atoms with Crippen LogP contribution in [-0.2, 0) is 19.1 Å². The highest BCUT2D eigenvalue weighted by molar-refractivity contribution is 8.02. The molecule has 7 nitrogen and oxygen atoms in total. The second kappa shape index (κ2) is 9.25. The average molecular weight is 503 g/mol. The molecule has 3 fully saturated rings. The predicted octanol–water partition coefficient (Wildman–Crippen LogP) is 2.93. The molecule has 2 saturated heterocycles. The first-order valence-corrected chi connectivity index (χ1v) is 14.1. The van der Waals surface area contributed by atoms with Crippen LogP contribution >= 0.6 is 11.8 Å². The van der Waals surface area contributed by atoms with Gasteiger partial charge in [-0.3, -0.25) is 14.4 Å². The van der Waals surface area contributed by atoms with Gasteiger partial charge < -0.3 is 19.6 Å². The molecule has 1 aliphatic carbocycles. The summed E-state index contributed by atoms with van der Waals surface area (Å²) in [5.74, 6) is -1.99. The molecule has 1 N–H and O–H groups in total. The molecule has 192 valence electrons. The maximum Gasteiger partial charge on any atom is 0.311 e. The number of hydrogen-bond acceptors (Lipinski definition) is 6. The minimum atomic E-state index is -0.876. The molecule has 1 saturated carbocycles. The summed E-state index contributed by atoms with van der Waals surface area (Å²) in [7, 11) is 0. The summed E-state index contributed by atoms with van der Waals surface area (Å²) in [4.78, 5) is 45.7. The van der Waals surface area contributed by atoms with E-state index >= 15 is 0 Å². The Bertz CT molecular complexity index is 946. The van der Waals surface area contributed by atoms with Gasteiger partial charge in [0.1, 0.15) is 12.6 Å². The summed E-state index contributed by atoms with van der Waals surface area (Å²) >= 11 is 1.57. The number of esters is 1. The third-order valence-corrected chi connectivity index (χ3v) is 10.9. The van der Waals surface area contributed by atoms with Crippen molar-refractivity contribution in [3.63, 3.8) is 0 Å². The molecular weight excluding hydrogens is 464 g/mol. The van der Waals surface area contributed by atoms with Crippen LogP contribution < -0.4 is 0 Å². The molecule has 4 heterocycles. The maximum atomic E-state index is 14.5. The quantitative estimate of drug-likeness (QED) is 0.460. The van der Waals surface area contributed by atoms with E-state index in [0.717, 1.165) is 32.1 Å². The van der Waals surface area contributed by atoms with Crippen molar-refractivity contribution >= 4 is 29.5 Å². The summed E-state index contributed by atoms with van der Waals surface area (Å²) in [5, 5.41) is 10.5. The van der Waals surface area contributed by atoms with E-state index in [0.29, 0.717) is 6.54 Å². The van der Waals surface area contributed by atoms with Crippen LogP contribution in [0, 0.1) is 17.8 Å². The van der Waals surface area contributed by atoms with Crippen LogP contribution in [0.2, 0.25) is 0 Å². The van der Waals surface area contributed by atoms with Crippen molar-refractivity contribution in [2.45, 2.75) is 86.9 Å². The van der Waals surface area contributed by atoms with E-state index < -0.39 is 33.4 Å². The van der Waals surface area contributed by atoms with Gasteiger partial charge in [0, 0.05) is 17.3 Å². The molecule has 5 rings (SSSR count). The summed E-state index contributed by atoms with van der Waals surface area (Å²) in [6.07, 6.45) is 14.1. The summed E-state index contributed by atoms with van der Waals surface area (Å²) in [5.41, 5.74) is 0. The normalized spacial score (nSPS) is 39.0. The van der Waals surface area contributed by atoms with Gasteiger partial charge in [-0.05, 0) is 31.8 Å². The van der Waals surface area contributed by atoms with Gasteiger partial charge in [0.2, 0.25) is 11.8 Å². The Morgan fingerprint density at radius 3 is 2.54 bits per heavy atom. The Kier molecular flexibility index (Phi) is 6.58. The standard InChI is InChI=1S/C27H38N2O5S/c1-4-17(2)19(16-30)29-22-24(32)28(18-10-6-5-7-11-18)14-8-13-27(22)20(23(29)31)21-25(33)34-15-9-12-26(21,3)35-27/h8-9,12-13,17-22,30H,4-7,10-11,14-16H2,1-3H3/t17-,19-,20-,21+,22?,26-,27-/m0/s1. The number of carbonyl (C=O) groups excluding carboxylic acids is 3. The van der Waals surface area contributed by atoms with Gasteiger partial charge in [0.25, 0.3) is 0 Å². The smallest absolute Gasteiger partial charge is 0.311 e. The van der Waals surface area contributed by atoms with Crippen molar-refractivity contribution in [3.8, 4) is 0 Å². The van der Waals surface area contributed by atoms with Gasteiger partial charge in [-0.1, -0.05) is 57.8 Å². The van der Waals surface area contributed by atoms with E-state index in [2.05, 4.69) is 6.08 Å². The van der Waals surface area contributed by atoms with E-state index in [9.17, 15) is 19.5 Å². The van der Waals surface area contributed by atoms with Crippen molar-refractivity contribution in [1.82, 2.24) is 9.80 Å². The lowest BCUT2D eigenvalue weighted by Gasteiger charge is -2.43. The van der Waals surface area contributed by atoms with Gasteiger partial charge in [-0.2, -0.15) is 0 Å². The highest BCUT2D eigenvalue weighted by Crippen LogP contribution is 2.66. The minimum Gasteiger partial charge on any atom is -0.461 e. The van der Waals surface area contributed by atoms with Gasteiger partial charge in [0.05, 0.1) is 29.2 Å². The number of rotatable bonds is 5. The predicted molar refractivity (Wildman–Crippen MR) is 134 cm³/mol. The Labute approximate surface area is 212 Å². The van der Waals surface area contributed by atoms with Crippen molar-refractivity contribution in [2.24, 2.45) is 17.8 Å². The summed E-state index contributed by atoms with van der Waals surface area (Å²) in [6.45, 7) is 6.55. The first kappa shape index (κ1) is 24.9. The second-order valence-corrected chi connectivity index (χ2v) is 12.9. The van der Waals surface area contributed by atoms with Crippen LogP contribution in [0.5, 0.6) is 0 Å². The van der Waals surface area contributed by atoms with Crippen LogP contribution in [0.15, 0.2) is 24.3 Å². The molecule has 1 spiro atoms. The van der Waals surface area contributed by atoms with E-state index in [-0.39, 0.29) is 43.0 Å². The van der Waals surface area contributed by atoms with Crippen LogP contribution in [0.25, 0.3) is 0 Å². The number of thioether (sulfide) groups is 1. The Balaban J connectivity index is 1.65. The van der Waals surface area contributed by atoms with Crippen molar-refractivity contribution < 1.29 is 24.2 Å². The first-order chi connectivity index (χ1) is 16.8. The third kappa shape index (κ3) is 3.69. The first-order valence-electron chi connectivity index (χ1n) is 13.2. The zero-order valence-corrected chi connectivity index (χ0v) is 21.8. The highest BCUT2D eigenvalue weighted by atomic mass is 32.2.